The molecule has 0 aliphatic carbocycles. The zero-order chi connectivity index (χ0) is 24.9. The van der Waals surface area contributed by atoms with E-state index in [1.807, 2.05) is 0 Å². The van der Waals surface area contributed by atoms with Crippen LogP contribution in [0.4, 0.5) is 5.69 Å². The van der Waals surface area contributed by atoms with Gasteiger partial charge in [0, 0.05) is 42.7 Å². The van der Waals surface area contributed by atoms with E-state index in [9.17, 15) is 9.90 Å². The van der Waals surface area contributed by atoms with Crippen LogP contribution < -0.4 is 9.64 Å². The Kier molecular flexibility index (Phi) is 6.33. The Labute approximate surface area is 209 Å². The van der Waals surface area contributed by atoms with Gasteiger partial charge in [0.2, 0.25) is 0 Å². The van der Waals surface area contributed by atoms with Gasteiger partial charge in [0.1, 0.15) is 17.5 Å². The maximum atomic E-state index is 11.9. The molecule has 5 rings (SSSR count). The summed E-state index contributed by atoms with van der Waals surface area (Å²) in [5.41, 5.74) is 9.28. The summed E-state index contributed by atoms with van der Waals surface area (Å²) in [6, 6.07) is 8.80. The number of ether oxygens (including phenoxy) is 2. The van der Waals surface area contributed by atoms with E-state index in [-0.39, 0.29) is 24.1 Å². The Bertz CT molecular complexity index is 1140. The van der Waals surface area contributed by atoms with Crippen molar-refractivity contribution < 1.29 is 19.4 Å². The summed E-state index contributed by atoms with van der Waals surface area (Å²) >= 11 is 0. The molecule has 1 fully saturated rings. The van der Waals surface area contributed by atoms with Gasteiger partial charge in [-0.25, -0.2) is 0 Å². The maximum Gasteiger partial charge on any atom is 0.308 e. The van der Waals surface area contributed by atoms with Crippen molar-refractivity contribution in [2.75, 3.05) is 11.4 Å². The van der Waals surface area contributed by atoms with Crippen molar-refractivity contribution in [3.05, 3.63) is 57.6 Å². The third kappa shape index (κ3) is 4.67. The predicted molar refractivity (Wildman–Crippen MR) is 138 cm³/mol. The van der Waals surface area contributed by atoms with Crippen LogP contribution in [0.3, 0.4) is 0 Å². The van der Waals surface area contributed by atoms with Crippen LogP contribution in [0.1, 0.15) is 86.3 Å². The van der Waals surface area contributed by atoms with E-state index in [1.54, 1.807) is 0 Å². The van der Waals surface area contributed by atoms with Crippen molar-refractivity contribution in [1.82, 2.24) is 0 Å². The number of cyclic esters (lactones) is 1. The molecule has 0 saturated carbocycles. The molecule has 3 aliphatic heterocycles. The highest BCUT2D eigenvalue weighted by molar-refractivity contribution is 5.72. The minimum Gasteiger partial charge on any atom is -0.487 e. The molecule has 1 N–H and O–H groups in total. The Morgan fingerprint density at radius 2 is 1.94 bits per heavy atom. The van der Waals surface area contributed by atoms with Gasteiger partial charge in [-0.15, -0.1) is 0 Å². The number of anilines is 1. The third-order valence-electron chi connectivity index (χ3n) is 7.89. The summed E-state index contributed by atoms with van der Waals surface area (Å²) in [6.07, 6.45) is 3.19. The number of hydrogen-bond donors (Lipinski definition) is 1. The molecule has 2 aromatic rings. The molecule has 0 amide bonds. The molecule has 1 saturated heterocycles. The third-order valence-corrected chi connectivity index (χ3v) is 7.89. The monoisotopic (exact) mass is 477 g/mol. The van der Waals surface area contributed by atoms with Crippen LogP contribution in [0.5, 0.6) is 5.75 Å². The first-order chi connectivity index (χ1) is 16.6. The first-order valence-electron chi connectivity index (χ1n) is 13.2. The second kappa shape index (κ2) is 9.16. The SMILES string of the molecule is Cc1c2c(c(CC[C@@H]3C[C@@H](O)CC(=O)O3)c(C(C)C)c1N1CCc3ccccc3C1)OC(C)(C)C2. The van der Waals surface area contributed by atoms with Crippen molar-refractivity contribution in [3.63, 3.8) is 0 Å². The fourth-order valence-corrected chi connectivity index (χ4v) is 6.34. The summed E-state index contributed by atoms with van der Waals surface area (Å²) in [5.74, 6) is 1.07. The largest absolute Gasteiger partial charge is 0.487 e. The highest BCUT2D eigenvalue weighted by Crippen LogP contribution is 2.49. The number of aliphatic hydroxyl groups is 1. The van der Waals surface area contributed by atoms with Crippen LogP contribution >= 0.6 is 0 Å². The van der Waals surface area contributed by atoms with E-state index in [0.717, 1.165) is 38.1 Å². The molecule has 5 nitrogen and oxygen atoms in total. The van der Waals surface area contributed by atoms with Gasteiger partial charge in [-0.1, -0.05) is 38.1 Å². The van der Waals surface area contributed by atoms with E-state index >= 15 is 0 Å². The van der Waals surface area contributed by atoms with E-state index in [1.165, 1.54) is 39.1 Å². The molecule has 0 unspecified atom stereocenters. The number of carbonyl (C=O) groups excluding carboxylic acids is 1. The molecular weight excluding hydrogens is 438 g/mol. The number of hydrogen-bond acceptors (Lipinski definition) is 5. The Balaban J connectivity index is 1.57. The van der Waals surface area contributed by atoms with Crippen molar-refractivity contribution in [3.8, 4) is 5.75 Å². The van der Waals surface area contributed by atoms with Crippen molar-refractivity contribution in [2.45, 2.75) is 103 Å². The summed E-state index contributed by atoms with van der Waals surface area (Å²) in [5, 5.41) is 10.1. The molecule has 2 atom stereocenters. The molecule has 5 heteroatoms. The Morgan fingerprint density at radius 1 is 1.20 bits per heavy atom. The van der Waals surface area contributed by atoms with Gasteiger partial charge >= 0.3 is 5.97 Å². The van der Waals surface area contributed by atoms with Crippen LogP contribution in [-0.4, -0.2) is 35.4 Å². The van der Waals surface area contributed by atoms with E-state index < -0.39 is 6.10 Å². The van der Waals surface area contributed by atoms with E-state index in [0.29, 0.717) is 18.8 Å². The second-order valence-electron chi connectivity index (χ2n) is 11.6. The van der Waals surface area contributed by atoms with E-state index in [4.69, 9.17) is 9.47 Å². The van der Waals surface area contributed by atoms with Crippen molar-refractivity contribution in [1.29, 1.82) is 0 Å². The zero-order valence-electron chi connectivity index (χ0n) is 21.8. The molecule has 0 radical (unpaired) electrons. The standard InChI is InChI=1S/C30H39NO4/c1-18(2)27-24(11-10-23-14-22(32)15-26(33)34-23)29-25(16-30(4,5)35-29)19(3)28(27)31-13-12-20-8-6-7-9-21(20)17-31/h6-9,18,22-23,32H,10-17H2,1-5H3/t22-,23-/m1/s1. The number of carbonyl (C=O) groups is 1. The minimum absolute atomic E-state index is 0.103. The minimum atomic E-state index is -0.603. The van der Waals surface area contributed by atoms with Crippen molar-refractivity contribution in [2.24, 2.45) is 0 Å². The van der Waals surface area contributed by atoms with Crippen molar-refractivity contribution >= 4 is 11.7 Å². The lowest BCUT2D eigenvalue weighted by atomic mass is 9.84. The van der Waals surface area contributed by atoms with Gasteiger partial charge in [0.15, 0.2) is 0 Å². The molecular formula is C30H39NO4. The average molecular weight is 478 g/mol. The first-order valence-corrected chi connectivity index (χ1v) is 13.2. The van der Waals surface area contributed by atoms with Gasteiger partial charge < -0.3 is 19.5 Å². The van der Waals surface area contributed by atoms with Gasteiger partial charge in [-0.3, -0.25) is 4.79 Å². The molecule has 0 spiro atoms. The second-order valence-corrected chi connectivity index (χ2v) is 11.6. The fraction of sp³-hybridized carbons (Fsp3) is 0.567. The molecule has 0 bridgehead atoms. The van der Waals surface area contributed by atoms with Crippen LogP contribution in [0.2, 0.25) is 0 Å². The number of aliphatic hydroxyl groups excluding tert-OH is 1. The summed E-state index contributed by atoms with van der Waals surface area (Å²) < 4.78 is 12.2. The number of rotatable bonds is 5. The molecule has 35 heavy (non-hydrogen) atoms. The van der Waals surface area contributed by atoms with Gasteiger partial charge in [-0.05, 0) is 68.2 Å². The smallest absolute Gasteiger partial charge is 0.308 e. The molecule has 0 aromatic heterocycles. The summed E-state index contributed by atoms with van der Waals surface area (Å²) in [6.45, 7) is 13.1. The zero-order valence-corrected chi connectivity index (χ0v) is 21.8. The lowest BCUT2D eigenvalue weighted by molar-refractivity contribution is -0.160. The lowest BCUT2D eigenvalue weighted by Crippen LogP contribution is -2.33. The van der Waals surface area contributed by atoms with Gasteiger partial charge in [0.05, 0.1) is 12.5 Å². The number of fused-ring (bicyclic) bond motifs is 2. The Morgan fingerprint density at radius 3 is 2.66 bits per heavy atom. The quantitative estimate of drug-likeness (QED) is 0.585. The highest BCUT2D eigenvalue weighted by atomic mass is 16.5. The van der Waals surface area contributed by atoms with Gasteiger partial charge in [0.25, 0.3) is 0 Å². The van der Waals surface area contributed by atoms with Crippen LogP contribution in [0, 0.1) is 6.92 Å². The van der Waals surface area contributed by atoms with Gasteiger partial charge in [-0.2, -0.15) is 0 Å². The summed E-state index contributed by atoms with van der Waals surface area (Å²) in [7, 11) is 0. The molecule has 2 aromatic carbocycles. The fourth-order valence-electron chi connectivity index (χ4n) is 6.34. The maximum absolute atomic E-state index is 11.9. The molecule has 3 heterocycles. The van der Waals surface area contributed by atoms with Crippen LogP contribution in [0.25, 0.3) is 0 Å². The summed E-state index contributed by atoms with van der Waals surface area (Å²) in [4.78, 5) is 14.5. The number of esters is 1. The van der Waals surface area contributed by atoms with Crippen LogP contribution in [-0.2, 0) is 35.3 Å². The number of nitrogens with zero attached hydrogens (tertiary/aromatic N) is 1. The Hall–Kier alpha value is -2.53. The average Bonchev–Trinajstić information content (AvgIpc) is 3.12. The first kappa shape index (κ1) is 24.2. The predicted octanol–water partition coefficient (Wildman–Crippen LogP) is 5.39. The molecule has 3 aliphatic rings. The lowest BCUT2D eigenvalue weighted by Gasteiger charge is -2.36. The number of benzene rings is 2. The van der Waals surface area contributed by atoms with Crippen LogP contribution in [0.15, 0.2) is 24.3 Å². The van der Waals surface area contributed by atoms with E-state index in [2.05, 4.69) is 63.8 Å². The normalized spacial score (nSPS) is 23.1. The topological polar surface area (TPSA) is 59.0 Å². The molecule has 188 valence electrons. The highest BCUT2D eigenvalue weighted by Gasteiger charge is 2.38.